The zero-order valence-corrected chi connectivity index (χ0v) is 12.4. The lowest BCUT2D eigenvalue weighted by Crippen LogP contribution is -2.35. The first-order valence-electron chi connectivity index (χ1n) is 6.33. The molecule has 1 atom stereocenters. The van der Waals surface area contributed by atoms with E-state index < -0.39 is 0 Å². The largest absolute Gasteiger partial charge is 0.409 e. The summed E-state index contributed by atoms with van der Waals surface area (Å²) < 4.78 is 0. The van der Waals surface area contributed by atoms with E-state index in [0.717, 1.165) is 18.0 Å². The second-order valence-electron chi connectivity index (χ2n) is 5.35. The zero-order valence-electron chi connectivity index (χ0n) is 11.7. The quantitative estimate of drug-likeness (QED) is 0.325. The van der Waals surface area contributed by atoms with Crippen molar-refractivity contribution < 1.29 is 5.21 Å². The Morgan fingerprint density at radius 1 is 1.42 bits per heavy atom. The molecule has 0 aliphatic rings. The van der Waals surface area contributed by atoms with Crippen molar-refractivity contribution in [3.8, 4) is 0 Å². The van der Waals surface area contributed by atoms with E-state index in [4.69, 9.17) is 22.5 Å². The second-order valence-corrected chi connectivity index (χ2v) is 5.78. The summed E-state index contributed by atoms with van der Waals surface area (Å²) in [5.74, 6) is 0.258. The van der Waals surface area contributed by atoms with Crippen LogP contribution in [0.4, 0.5) is 0 Å². The van der Waals surface area contributed by atoms with Crippen LogP contribution in [-0.4, -0.2) is 17.6 Å². The molecule has 0 aliphatic heterocycles. The van der Waals surface area contributed by atoms with Crippen LogP contribution in [0.2, 0.25) is 5.02 Å². The second kappa shape index (κ2) is 6.78. The highest BCUT2D eigenvalue weighted by atomic mass is 35.5. The number of nitrogens with one attached hydrogen (secondary N) is 1. The van der Waals surface area contributed by atoms with E-state index in [2.05, 4.69) is 17.4 Å². The van der Waals surface area contributed by atoms with E-state index in [1.807, 2.05) is 38.1 Å². The van der Waals surface area contributed by atoms with Crippen LogP contribution in [0.5, 0.6) is 0 Å². The molecule has 1 unspecified atom stereocenters. The summed E-state index contributed by atoms with van der Waals surface area (Å²) in [7, 11) is 0. The van der Waals surface area contributed by atoms with Crippen molar-refractivity contribution >= 4 is 17.4 Å². The van der Waals surface area contributed by atoms with Gasteiger partial charge in [0.15, 0.2) is 0 Å². The summed E-state index contributed by atoms with van der Waals surface area (Å²) in [6.45, 7) is 6.79. The topological polar surface area (TPSA) is 70.6 Å². The molecule has 1 rings (SSSR count). The molecule has 1 aromatic carbocycles. The van der Waals surface area contributed by atoms with Crippen LogP contribution in [-0.2, 0) is 0 Å². The lowest BCUT2D eigenvalue weighted by Gasteiger charge is -2.24. The summed E-state index contributed by atoms with van der Waals surface area (Å²) >= 11 is 5.86. The van der Waals surface area contributed by atoms with Crippen LogP contribution in [0.1, 0.15) is 38.8 Å². The number of nitrogens with two attached hydrogens (primary N) is 1. The summed E-state index contributed by atoms with van der Waals surface area (Å²) in [6, 6.07) is 8.02. The molecule has 0 saturated carbocycles. The van der Waals surface area contributed by atoms with Crippen molar-refractivity contribution in [2.45, 2.75) is 33.2 Å². The van der Waals surface area contributed by atoms with Crippen molar-refractivity contribution in [1.29, 1.82) is 0 Å². The number of oxime groups is 1. The molecule has 0 radical (unpaired) electrons. The predicted molar refractivity (Wildman–Crippen MR) is 79.7 cm³/mol. The number of halogens is 1. The molecular weight excluding hydrogens is 262 g/mol. The van der Waals surface area contributed by atoms with Crippen LogP contribution in [0, 0.1) is 5.41 Å². The third-order valence-electron chi connectivity index (χ3n) is 3.37. The minimum absolute atomic E-state index is 0.236. The SMILES string of the molecule is CC(NCCC(C)(C)C(N)=NO)c1ccc(Cl)cc1. The standard InChI is InChI=1S/C14H22ClN3O/c1-10(11-4-6-12(15)7-5-11)17-9-8-14(2,3)13(16)18-19/h4-7,10,17,19H,8-9H2,1-3H3,(H2,16,18). The van der Waals surface area contributed by atoms with Gasteiger partial charge in [0.2, 0.25) is 0 Å². The Labute approximate surface area is 119 Å². The van der Waals surface area contributed by atoms with E-state index in [0.29, 0.717) is 0 Å². The molecule has 0 amide bonds. The van der Waals surface area contributed by atoms with Gasteiger partial charge < -0.3 is 16.3 Å². The monoisotopic (exact) mass is 283 g/mol. The maximum atomic E-state index is 8.71. The first-order chi connectivity index (χ1) is 8.86. The first kappa shape index (κ1) is 15.8. The fourth-order valence-electron chi connectivity index (χ4n) is 1.73. The lowest BCUT2D eigenvalue weighted by atomic mass is 9.88. The predicted octanol–water partition coefficient (Wildman–Crippen LogP) is 3.15. The van der Waals surface area contributed by atoms with Crippen LogP contribution < -0.4 is 11.1 Å². The number of rotatable bonds is 6. The Balaban J connectivity index is 2.47. The van der Waals surface area contributed by atoms with Gasteiger partial charge in [-0.25, -0.2) is 0 Å². The lowest BCUT2D eigenvalue weighted by molar-refractivity contribution is 0.304. The number of hydrogen-bond donors (Lipinski definition) is 3. The van der Waals surface area contributed by atoms with Crippen LogP contribution in [0.25, 0.3) is 0 Å². The van der Waals surface area contributed by atoms with Gasteiger partial charge in [-0.3, -0.25) is 0 Å². The Kier molecular flexibility index (Phi) is 5.63. The molecular formula is C14H22ClN3O. The molecule has 0 aromatic heterocycles. The van der Waals surface area contributed by atoms with Crippen molar-refractivity contribution in [2.24, 2.45) is 16.3 Å². The molecule has 0 fully saturated rings. The van der Waals surface area contributed by atoms with Gasteiger partial charge in [-0.2, -0.15) is 0 Å². The van der Waals surface area contributed by atoms with Gasteiger partial charge in [0.1, 0.15) is 5.84 Å². The Bertz CT molecular complexity index is 429. The van der Waals surface area contributed by atoms with E-state index in [-0.39, 0.29) is 17.3 Å². The van der Waals surface area contributed by atoms with E-state index in [1.165, 1.54) is 5.56 Å². The third-order valence-corrected chi connectivity index (χ3v) is 3.62. The van der Waals surface area contributed by atoms with Gasteiger partial charge in [-0.1, -0.05) is 42.7 Å². The van der Waals surface area contributed by atoms with Gasteiger partial charge >= 0.3 is 0 Å². The van der Waals surface area contributed by atoms with Gasteiger partial charge in [0, 0.05) is 16.5 Å². The summed E-state index contributed by atoms with van der Waals surface area (Å²) in [6.07, 6.45) is 0.792. The van der Waals surface area contributed by atoms with Crippen molar-refractivity contribution in [2.75, 3.05) is 6.54 Å². The molecule has 4 nitrogen and oxygen atoms in total. The third kappa shape index (κ3) is 4.73. The minimum atomic E-state index is -0.318. The van der Waals surface area contributed by atoms with Gasteiger partial charge in [-0.15, -0.1) is 0 Å². The van der Waals surface area contributed by atoms with E-state index >= 15 is 0 Å². The first-order valence-corrected chi connectivity index (χ1v) is 6.71. The zero-order chi connectivity index (χ0) is 14.5. The number of hydrogen-bond acceptors (Lipinski definition) is 3. The van der Waals surface area contributed by atoms with Gasteiger partial charge in [0.25, 0.3) is 0 Å². The van der Waals surface area contributed by atoms with Crippen molar-refractivity contribution in [3.63, 3.8) is 0 Å². The number of nitrogens with zero attached hydrogens (tertiary/aromatic N) is 1. The molecule has 19 heavy (non-hydrogen) atoms. The maximum Gasteiger partial charge on any atom is 0.144 e. The Morgan fingerprint density at radius 2 is 2.00 bits per heavy atom. The summed E-state index contributed by atoms with van der Waals surface area (Å²) in [4.78, 5) is 0. The smallest absolute Gasteiger partial charge is 0.144 e. The molecule has 4 N–H and O–H groups in total. The van der Waals surface area contributed by atoms with Crippen LogP contribution >= 0.6 is 11.6 Å². The van der Waals surface area contributed by atoms with Crippen molar-refractivity contribution in [1.82, 2.24) is 5.32 Å². The molecule has 5 heteroatoms. The molecule has 1 aromatic rings. The molecule has 0 saturated heterocycles. The van der Waals surface area contributed by atoms with E-state index in [1.54, 1.807) is 0 Å². The molecule has 0 heterocycles. The minimum Gasteiger partial charge on any atom is -0.409 e. The fourth-order valence-corrected chi connectivity index (χ4v) is 1.86. The fraction of sp³-hybridized carbons (Fsp3) is 0.500. The normalized spacial score (nSPS) is 14.4. The van der Waals surface area contributed by atoms with Crippen LogP contribution in [0.3, 0.4) is 0 Å². The van der Waals surface area contributed by atoms with Crippen molar-refractivity contribution in [3.05, 3.63) is 34.9 Å². The number of amidine groups is 1. The molecule has 0 aliphatic carbocycles. The summed E-state index contributed by atoms with van der Waals surface area (Å²) in [5, 5.41) is 15.9. The Hall–Kier alpha value is -1.26. The highest BCUT2D eigenvalue weighted by Gasteiger charge is 2.23. The number of benzene rings is 1. The van der Waals surface area contributed by atoms with E-state index in [9.17, 15) is 0 Å². The Morgan fingerprint density at radius 3 is 2.53 bits per heavy atom. The molecule has 0 spiro atoms. The highest BCUT2D eigenvalue weighted by Crippen LogP contribution is 2.21. The maximum absolute atomic E-state index is 8.71. The van der Waals surface area contributed by atoms with Crippen LogP contribution in [0.15, 0.2) is 29.4 Å². The average Bonchev–Trinajstić information content (AvgIpc) is 2.38. The molecule has 106 valence electrons. The highest BCUT2D eigenvalue weighted by molar-refractivity contribution is 6.30. The van der Waals surface area contributed by atoms with Gasteiger partial charge in [-0.05, 0) is 37.6 Å². The average molecular weight is 284 g/mol. The molecule has 0 bridgehead atoms. The summed E-state index contributed by atoms with van der Waals surface area (Å²) in [5.41, 5.74) is 6.52. The van der Waals surface area contributed by atoms with Gasteiger partial charge in [0.05, 0.1) is 0 Å².